The van der Waals surface area contributed by atoms with Crippen molar-refractivity contribution in [2.45, 2.75) is 32.6 Å². The van der Waals surface area contributed by atoms with Crippen LogP contribution < -0.4 is 9.47 Å². The second-order valence-electron chi connectivity index (χ2n) is 4.39. The van der Waals surface area contributed by atoms with Crippen LogP contribution in [0.5, 0.6) is 11.5 Å². The smallest absolute Gasteiger partial charge is 0.171 e. The van der Waals surface area contributed by atoms with Crippen LogP contribution in [0.2, 0.25) is 0 Å². The summed E-state index contributed by atoms with van der Waals surface area (Å²) in [6.07, 6.45) is 4.38. The number of Topliss-reactive ketones (excluding diaryl/α,β-unsaturated/α-hetero) is 1. The molecule has 0 radical (unpaired) electrons. The molecule has 0 unspecified atom stereocenters. The third-order valence-corrected chi connectivity index (χ3v) is 3.34. The van der Waals surface area contributed by atoms with Gasteiger partial charge in [-0.05, 0) is 44.2 Å². The highest BCUT2D eigenvalue weighted by Crippen LogP contribution is 2.40. The summed E-state index contributed by atoms with van der Waals surface area (Å²) < 4.78 is 10.8. The number of benzene rings is 1. The van der Waals surface area contributed by atoms with Crippen LogP contribution in [0.4, 0.5) is 0 Å². The van der Waals surface area contributed by atoms with Crippen molar-refractivity contribution in [2.75, 3.05) is 14.2 Å². The van der Waals surface area contributed by atoms with Crippen molar-refractivity contribution < 1.29 is 14.3 Å². The van der Waals surface area contributed by atoms with Gasteiger partial charge in [-0.15, -0.1) is 0 Å². The first-order chi connectivity index (χ1) is 8.19. The molecule has 0 aliphatic heterocycles. The van der Waals surface area contributed by atoms with Gasteiger partial charge in [0.15, 0.2) is 17.3 Å². The fraction of sp³-hybridized carbons (Fsp3) is 0.500. The summed E-state index contributed by atoms with van der Waals surface area (Å²) in [5.74, 6) is 1.35. The third kappa shape index (κ3) is 2.02. The van der Waals surface area contributed by atoms with Crippen molar-refractivity contribution in [3.05, 3.63) is 22.8 Å². The van der Waals surface area contributed by atoms with Gasteiger partial charge in [0.2, 0.25) is 0 Å². The molecule has 0 spiro atoms. The Morgan fingerprint density at radius 3 is 2.35 bits per heavy atom. The van der Waals surface area contributed by atoms with Crippen molar-refractivity contribution in [3.63, 3.8) is 0 Å². The average Bonchev–Trinajstić information content (AvgIpc) is 2.36. The number of aryl methyl sites for hydroxylation is 1. The molecule has 0 amide bonds. The van der Waals surface area contributed by atoms with Crippen molar-refractivity contribution in [3.8, 4) is 11.5 Å². The highest BCUT2D eigenvalue weighted by Gasteiger charge is 2.23. The number of hydrogen-bond donors (Lipinski definition) is 0. The molecule has 3 heteroatoms. The summed E-state index contributed by atoms with van der Waals surface area (Å²) in [4.78, 5) is 11.6. The molecule has 2 rings (SSSR count). The molecule has 0 saturated carbocycles. The van der Waals surface area contributed by atoms with Gasteiger partial charge in [-0.25, -0.2) is 0 Å². The van der Waals surface area contributed by atoms with E-state index in [1.54, 1.807) is 21.1 Å². The van der Waals surface area contributed by atoms with Gasteiger partial charge >= 0.3 is 0 Å². The van der Waals surface area contributed by atoms with E-state index in [2.05, 4.69) is 0 Å². The van der Waals surface area contributed by atoms with Crippen LogP contribution in [0.1, 0.15) is 41.3 Å². The Hall–Kier alpha value is -1.51. The molecular weight excluding hydrogens is 216 g/mol. The van der Waals surface area contributed by atoms with Gasteiger partial charge in [0, 0.05) is 5.56 Å². The van der Waals surface area contributed by atoms with Crippen molar-refractivity contribution in [1.29, 1.82) is 0 Å². The molecule has 0 atom stereocenters. The van der Waals surface area contributed by atoms with Crippen molar-refractivity contribution in [2.24, 2.45) is 0 Å². The number of hydrogen-bond acceptors (Lipinski definition) is 3. The van der Waals surface area contributed by atoms with E-state index in [9.17, 15) is 4.79 Å². The van der Waals surface area contributed by atoms with Gasteiger partial charge in [-0.3, -0.25) is 4.79 Å². The number of carbonyl (C=O) groups excluding carboxylic acids is 1. The van der Waals surface area contributed by atoms with E-state index in [0.29, 0.717) is 11.3 Å². The van der Waals surface area contributed by atoms with Crippen LogP contribution in [0.25, 0.3) is 0 Å². The predicted molar refractivity (Wildman–Crippen MR) is 66.2 cm³/mol. The van der Waals surface area contributed by atoms with E-state index in [-0.39, 0.29) is 5.78 Å². The van der Waals surface area contributed by atoms with Crippen LogP contribution in [0.3, 0.4) is 0 Å². The normalized spacial score (nSPS) is 14.1. The SMILES string of the molecule is COc1c(C(C)=O)cc2c(c1OC)CCCC2. The fourth-order valence-corrected chi connectivity index (χ4v) is 2.53. The van der Waals surface area contributed by atoms with Gasteiger partial charge in [-0.2, -0.15) is 0 Å². The summed E-state index contributed by atoms with van der Waals surface area (Å²) >= 11 is 0. The van der Waals surface area contributed by atoms with Crippen LogP contribution in [-0.2, 0) is 12.8 Å². The lowest BCUT2D eigenvalue weighted by Crippen LogP contribution is -2.10. The molecule has 1 aliphatic rings. The highest BCUT2D eigenvalue weighted by atomic mass is 16.5. The summed E-state index contributed by atoms with van der Waals surface area (Å²) in [6, 6.07) is 1.97. The minimum atomic E-state index is 0.0218. The lowest BCUT2D eigenvalue weighted by atomic mass is 9.88. The van der Waals surface area contributed by atoms with E-state index in [1.165, 1.54) is 24.0 Å². The van der Waals surface area contributed by atoms with Gasteiger partial charge in [0.1, 0.15) is 0 Å². The first-order valence-corrected chi connectivity index (χ1v) is 5.96. The number of ether oxygens (including phenoxy) is 2. The standard InChI is InChI=1S/C14H18O3/c1-9(15)12-8-10-6-4-5-7-11(10)13(16-2)14(12)17-3/h8H,4-7H2,1-3H3. The molecular formula is C14H18O3. The van der Waals surface area contributed by atoms with Crippen LogP contribution in [-0.4, -0.2) is 20.0 Å². The Morgan fingerprint density at radius 1 is 1.12 bits per heavy atom. The average molecular weight is 234 g/mol. The molecule has 0 N–H and O–H groups in total. The molecule has 0 aromatic heterocycles. The lowest BCUT2D eigenvalue weighted by Gasteiger charge is -2.22. The second-order valence-corrected chi connectivity index (χ2v) is 4.39. The second kappa shape index (κ2) is 4.78. The van der Waals surface area contributed by atoms with E-state index in [4.69, 9.17) is 9.47 Å². The number of rotatable bonds is 3. The number of ketones is 1. The summed E-state index contributed by atoms with van der Waals surface area (Å²) in [5.41, 5.74) is 3.07. The Bertz CT molecular complexity index is 449. The lowest BCUT2D eigenvalue weighted by molar-refractivity contribution is 0.101. The maximum atomic E-state index is 11.6. The van der Waals surface area contributed by atoms with Gasteiger partial charge < -0.3 is 9.47 Å². The molecule has 1 aliphatic carbocycles. The molecule has 0 heterocycles. The quantitative estimate of drug-likeness (QED) is 0.754. The molecule has 0 fully saturated rings. The first kappa shape index (κ1) is 12.0. The largest absolute Gasteiger partial charge is 0.493 e. The monoisotopic (exact) mass is 234 g/mol. The fourth-order valence-electron chi connectivity index (χ4n) is 2.53. The zero-order valence-electron chi connectivity index (χ0n) is 10.6. The first-order valence-electron chi connectivity index (χ1n) is 5.96. The van der Waals surface area contributed by atoms with E-state index >= 15 is 0 Å². The molecule has 92 valence electrons. The van der Waals surface area contributed by atoms with Crippen LogP contribution in [0.15, 0.2) is 6.07 Å². The van der Waals surface area contributed by atoms with E-state index in [1.807, 2.05) is 6.07 Å². The Kier molecular flexibility index (Phi) is 3.36. The predicted octanol–water partition coefficient (Wildman–Crippen LogP) is 2.79. The minimum absolute atomic E-state index is 0.0218. The number of fused-ring (bicyclic) bond motifs is 1. The number of methoxy groups -OCH3 is 2. The van der Waals surface area contributed by atoms with Crippen LogP contribution in [0, 0.1) is 0 Å². The molecule has 17 heavy (non-hydrogen) atoms. The van der Waals surface area contributed by atoms with Crippen molar-refractivity contribution in [1.82, 2.24) is 0 Å². The van der Waals surface area contributed by atoms with Gasteiger partial charge in [0.05, 0.1) is 19.8 Å². The Balaban J connectivity index is 2.67. The summed E-state index contributed by atoms with van der Waals surface area (Å²) in [6.45, 7) is 1.56. The molecule has 3 nitrogen and oxygen atoms in total. The summed E-state index contributed by atoms with van der Waals surface area (Å²) in [7, 11) is 3.22. The highest BCUT2D eigenvalue weighted by molar-refractivity contribution is 5.98. The summed E-state index contributed by atoms with van der Waals surface area (Å²) in [5, 5.41) is 0. The zero-order chi connectivity index (χ0) is 12.4. The molecule has 1 aromatic carbocycles. The molecule has 0 bridgehead atoms. The van der Waals surface area contributed by atoms with Crippen molar-refractivity contribution >= 4 is 5.78 Å². The van der Waals surface area contributed by atoms with E-state index in [0.717, 1.165) is 18.6 Å². The zero-order valence-corrected chi connectivity index (χ0v) is 10.6. The maximum absolute atomic E-state index is 11.6. The Labute approximate surface area is 102 Å². The molecule has 0 saturated heterocycles. The maximum Gasteiger partial charge on any atom is 0.171 e. The van der Waals surface area contributed by atoms with Gasteiger partial charge in [-0.1, -0.05) is 0 Å². The minimum Gasteiger partial charge on any atom is -0.493 e. The third-order valence-electron chi connectivity index (χ3n) is 3.34. The Morgan fingerprint density at radius 2 is 1.76 bits per heavy atom. The van der Waals surface area contributed by atoms with E-state index < -0.39 is 0 Å². The van der Waals surface area contributed by atoms with Crippen LogP contribution >= 0.6 is 0 Å². The van der Waals surface area contributed by atoms with Gasteiger partial charge in [0.25, 0.3) is 0 Å². The topological polar surface area (TPSA) is 35.5 Å². The number of carbonyl (C=O) groups is 1. The molecule has 1 aromatic rings.